The summed E-state index contributed by atoms with van der Waals surface area (Å²) < 4.78 is 0. The van der Waals surface area contributed by atoms with Crippen molar-refractivity contribution in [2.24, 2.45) is 11.7 Å². The van der Waals surface area contributed by atoms with E-state index in [2.05, 4.69) is 6.92 Å². The molecular formula is C11H21N3O. The van der Waals surface area contributed by atoms with Crippen molar-refractivity contribution >= 4 is 6.03 Å². The molecule has 2 amide bonds. The van der Waals surface area contributed by atoms with Crippen molar-refractivity contribution in [3.05, 3.63) is 0 Å². The molecule has 2 atom stereocenters. The molecule has 2 heterocycles. The van der Waals surface area contributed by atoms with Gasteiger partial charge in [-0.1, -0.05) is 6.92 Å². The minimum absolute atomic E-state index is 0.215. The van der Waals surface area contributed by atoms with Crippen molar-refractivity contribution in [3.63, 3.8) is 0 Å². The Balaban J connectivity index is 2.00. The summed E-state index contributed by atoms with van der Waals surface area (Å²) in [6, 6.07) is 0.477. The normalized spacial score (nSPS) is 31.3. The molecule has 2 saturated heterocycles. The van der Waals surface area contributed by atoms with E-state index in [4.69, 9.17) is 5.73 Å². The lowest BCUT2D eigenvalue weighted by Gasteiger charge is -2.30. The minimum atomic E-state index is 0.215. The van der Waals surface area contributed by atoms with Gasteiger partial charge in [0.15, 0.2) is 0 Å². The molecule has 0 radical (unpaired) electrons. The first-order valence-corrected chi connectivity index (χ1v) is 5.99. The second kappa shape index (κ2) is 4.39. The third kappa shape index (κ3) is 1.95. The number of urea groups is 1. The largest absolute Gasteiger partial charge is 0.328 e. The lowest BCUT2D eigenvalue weighted by atomic mass is 10.0. The van der Waals surface area contributed by atoms with E-state index in [1.54, 1.807) is 0 Å². The van der Waals surface area contributed by atoms with E-state index in [-0.39, 0.29) is 12.1 Å². The highest BCUT2D eigenvalue weighted by Crippen LogP contribution is 2.25. The molecule has 0 aromatic carbocycles. The van der Waals surface area contributed by atoms with Gasteiger partial charge >= 0.3 is 6.03 Å². The molecule has 0 aromatic heterocycles. The van der Waals surface area contributed by atoms with Gasteiger partial charge in [0.2, 0.25) is 0 Å². The molecule has 0 bridgehead atoms. The Morgan fingerprint density at radius 3 is 2.60 bits per heavy atom. The van der Waals surface area contributed by atoms with Gasteiger partial charge in [-0.25, -0.2) is 4.79 Å². The molecule has 0 spiro atoms. The van der Waals surface area contributed by atoms with Crippen LogP contribution < -0.4 is 5.73 Å². The topological polar surface area (TPSA) is 49.6 Å². The van der Waals surface area contributed by atoms with E-state index in [0.29, 0.717) is 12.5 Å². The smallest absolute Gasteiger partial charge is 0.320 e. The zero-order valence-corrected chi connectivity index (χ0v) is 9.48. The molecule has 4 heteroatoms. The summed E-state index contributed by atoms with van der Waals surface area (Å²) in [5, 5.41) is 0. The van der Waals surface area contributed by atoms with E-state index in [1.165, 1.54) is 0 Å². The van der Waals surface area contributed by atoms with Gasteiger partial charge in [0.1, 0.15) is 0 Å². The molecule has 2 rings (SSSR count). The van der Waals surface area contributed by atoms with Gasteiger partial charge < -0.3 is 15.5 Å². The summed E-state index contributed by atoms with van der Waals surface area (Å²) >= 11 is 0. The van der Waals surface area contributed by atoms with Crippen molar-refractivity contribution in [2.45, 2.75) is 32.2 Å². The Kier molecular flexibility index (Phi) is 3.14. The van der Waals surface area contributed by atoms with Gasteiger partial charge in [-0.2, -0.15) is 0 Å². The predicted molar refractivity (Wildman–Crippen MR) is 59.5 cm³/mol. The monoisotopic (exact) mass is 211 g/mol. The zero-order valence-electron chi connectivity index (χ0n) is 9.48. The number of hydrogen-bond donors (Lipinski definition) is 1. The number of carbonyl (C=O) groups excluding carboxylic acids is 1. The van der Waals surface area contributed by atoms with Crippen LogP contribution in [-0.4, -0.2) is 48.1 Å². The minimum Gasteiger partial charge on any atom is -0.328 e. The van der Waals surface area contributed by atoms with Gasteiger partial charge in [-0.05, 0) is 25.2 Å². The van der Waals surface area contributed by atoms with E-state index >= 15 is 0 Å². The number of likely N-dealkylation sites (tertiary alicyclic amines) is 2. The van der Waals surface area contributed by atoms with Crippen molar-refractivity contribution in [1.82, 2.24) is 9.80 Å². The Morgan fingerprint density at radius 2 is 2.00 bits per heavy atom. The lowest BCUT2D eigenvalue weighted by Crippen LogP contribution is -2.48. The van der Waals surface area contributed by atoms with Gasteiger partial charge in [-0.3, -0.25) is 0 Å². The maximum Gasteiger partial charge on any atom is 0.320 e. The fourth-order valence-electron chi connectivity index (χ4n) is 2.70. The molecule has 2 N–H and O–H groups in total. The number of hydrogen-bond acceptors (Lipinski definition) is 2. The quantitative estimate of drug-likeness (QED) is 0.699. The van der Waals surface area contributed by atoms with Gasteiger partial charge in [0, 0.05) is 32.2 Å². The summed E-state index contributed by atoms with van der Waals surface area (Å²) in [5.74, 6) is 0.557. The standard InChI is InChI=1S/C11H21N3O/c1-9-4-7-14(10(9)8-12)11(15)13-5-2-3-6-13/h9-10H,2-8,12H2,1H3. The Bertz CT molecular complexity index is 238. The van der Waals surface area contributed by atoms with Crippen LogP contribution in [0, 0.1) is 5.92 Å². The average molecular weight is 211 g/mol. The predicted octanol–water partition coefficient (Wildman–Crippen LogP) is 0.871. The van der Waals surface area contributed by atoms with Crippen molar-refractivity contribution in [3.8, 4) is 0 Å². The van der Waals surface area contributed by atoms with E-state index in [0.717, 1.165) is 38.9 Å². The first-order chi connectivity index (χ1) is 7.24. The second-order valence-electron chi connectivity index (χ2n) is 4.74. The highest BCUT2D eigenvalue weighted by atomic mass is 16.2. The van der Waals surface area contributed by atoms with Crippen molar-refractivity contribution in [2.75, 3.05) is 26.2 Å². The fraction of sp³-hybridized carbons (Fsp3) is 0.909. The van der Waals surface area contributed by atoms with Crippen LogP contribution >= 0.6 is 0 Å². The molecule has 2 unspecified atom stereocenters. The van der Waals surface area contributed by atoms with Crippen LogP contribution in [0.4, 0.5) is 4.79 Å². The average Bonchev–Trinajstić information content (AvgIpc) is 2.85. The molecule has 86 valence electrons. The number of nitrogens with two attached hydrogens (primary N) is 1. The van der Waals surface area contributed by atoms with Gasteiger partial charge in [0.05, 0.1) is 0 Å². The number of amides is 2. The second-order valence-corrected chi connectivity index (χ2v) is 4.74. The highest BCUT2D eigenvalue weighted by molar-refractivity contribution is 5.75. The van der Waals surface area contributed by atoms with E-state index in [9.17, 15) is 4.79 Å². The maximum atomic E-state index is 12.2. The van der Waals surface area contributed by atoms with Crippen LogP contribution in [0.25, 0.3) is 0 Å². The third-order valence-corrected chi connectivity index (χ3v) is 3.75. The van der Waals surface area contributed by atoms with Crippen molar-refractivity contribution in [1.29, 1.82) is 0 Å². The summed E-state index contributed by atoms with van der Waals surface area (Å²) in [6.45, 7) is 5.54. The highest BCUT2D eigenvalue weighted by Gasteiger charge is 2.35. The van der Waals surface area contributed by atoms with Crippen LogP contribution in [0.3, 0.4) is 0 Å². The van der Waals surface area contributed by atoms with Gasteiger partial charge in [0.25, 0.3) is 0 Å². The molecule has 0 aliphatic carbocycles. The summed E-state index contributed by atoms with van der Waals surface area (Å²) in [4.78, 5) is 16.1. The van der Waals surface area contributed by atoms with Crippen LogP contribution in [0.2, 0.25) is 0 Å². The zero-order chi connectivity index (χ0) is 10.8. The SMILES string of the molecule is CC1CCN(C(=O)N2CCCC2)C1CN. The van der Waals surface area contributed by atoms with E-state index < -0.39 is 0 Å². The first-order valence-electron chi connectivity index (χ1n) is 5.99. The van der Waals surface area contributed by atoms with E-state index in [1.807, 2.05) is 9.80 Å². The molecule has 0 saturated carbocycles. The number of carbonyl (C=O) groups is 1. The van der Waals surface area contributed by atoms with Gasteiger partial charge in [-0.15, -0.1) is 0 Å². The van der Waals surface area contributed by atoms with Crippen LogP contribution in [-0.2, 0) is 0 Å². The molecule has 2 aliphatic heterocycles. The molecular weight excluding hydrogens is 190 g/mol. The first kappa shape index (κ1) is 10.7. The Hall–Kier alpha value is -0.770. The summed E-state index contributed by atoms with van der Waals surface area (Å²) in [6.07, 6.45) is 3.41. The van der Waals surface area contributed by atoms with Crippen LogP contribution in [0.5, 0.6) is 0 Å². The van der Waals surface area contributed by atoms with Crippen LogP contribution in [0.15, 0.2) is 0 Å². The summed E-state index contributed by atoms with van der Waals surface area (Å²) in [5.41, 5.74) is 5.74. The Labute approximate surface area is 91.4 Å². The summed E-state index contributed by atoms with van der Waals surface area (Å²) in [7, 11) is 0. The molecule has 4 nitrogen and oxygen atoms in total. The maximum absolute atomic E-state index is 12.2. The lowest BCUT2D eigenvalue weighted by molar-refractivity contribution is 0.154. The number of nitrogens with zero attached hydrogens (tertiary/aromatic N) is 2. The Morgan fingerprint density at radius 1 is 1.33 bits per heavy atom. The number of rotatable bonds is 1. The van der Waals surface area contributed by atoms with Crippen molar-refractivity contribution < 1.29 is 4.79 Å². The fourth-order valence-corrected chi connectivity index (χ4v) is 2.70. The molecule has 2 aliphatic rings. The third-order valence-electron chi connectivity index (χ3n) is 3.75. The molecule has 15 heavy (non-hydrogen) atoms. The molecule has 2 fully saturated rings. The molecule has 0 aromatic rings. The van der Waals surface area contributed by atoms with Crippen LogP contribution in [0.1, 0.15) is 26.2 Å².